The van der Waals surface area contributed by atoms with E-state index in [0.29, 0.717) is 4.58 Å². The highest BCUT2D eigenvalue weighted by Crippen LogP contribution is 2.46. The number of hydrogen-bond acceptors (Lipinski definition) is 3. The summed E-state index contributed by atoms with van der Waals surface area (Å²) < 4.78 is 5.94. The van der Waals surface area contributed by atoms with Crippen LogP contribution < -0.4 is 4.74 Å². The third kappa shape index (κ3) is 2.20. The van der Waals surface area contributed by atoms with Crippen molar-refractivity contribution in [3.8, 4) is 5.75 Å². The van der Waals surface area contributed by atoms with E-state index in [9.17, 15) is 0 Å². The molecule has 0 aliphatic carbocycles. The molecule has 0 bridgehead atoms. The molecule has 0 spiro atoms. The minimum absolute atomic E-state index is 0.569. The Bertz CT molecular complexity index is 295. The van der Waals surface area contributed by atoms with Crippen LogP contribution in [0.1, 0.15) is 16.6 Å². The van der Waals surface area contributed by atoms with E-state index in [1.54, 1.807) is 7.11 Å². The van der Waals surface area contributed by atoms with Crippen molar-refractivity contribution in [3.63, 3.8) is 0 Å². The Morgan fingerprint density at radius 3 is 2.64 bits per heavy atom. The molecule has 1 aromatic rings. The molecule has 76 valence electrons. The fourth-order valence-corrected chi connectivity index (χ4v) is 4.47. The lowest BCUT2D eigenvalue weighted by Crippen LogP contribution is -2.01. The van der Waals surface area contributed by atoms with Crippen LogP contribution in [0.5, 0.6) is 5.75 Å². The zero-order chi connectivity index (χ0) is 9.80. The molecule has 14 heavy (non-hydrogen) atoms. The number of hydrogen-bond donors (Lipinski definition) is 0. The Kier molecular flexibility index (Phi) is 3.65. The van der Waals surface area contributed by atoms with Gasteiger partial charge in [-0.2, -0.15) is 0 Å². The molecule has 0 radical (unpaired) electrons. The standard InChI is InChI=1S/C11H14OS2/c1-12-10-6-3-2-5-9(10)11-13-7-4-8-14-11/h2-3,5-6,11H,4,7-8H2,1H3. The van der Waals surface area contributed by atoms with E-state index in [2.05, 4.69) is 12.1 Å². The van der Waals surface area contributed by atoms with Gasteiger partial charge in [0.15, 0.2) is 0 Å². The predicted molar refractivity (Wildman–Crippen MR) is 65.3 cm³/mol. The number of para-hydroxylation sites is 1. The van der Waals surface area contributed by atoms with Gasteiger partial charge in [-0.25, -0.2) is 0 Å². The number of benzene rings is 1. The van der Waals surface area contributed by atoms with Crippen LogP contribution in [-0.2, 0) is 0 Å². The molecule has 1 aromatic carbocycles. The summed E-state index contributed by atoms with van der Waals surface area (Å²) in [5.41, 5.74) is 1.34. The average molecular weight is 226 g/mol. The monoisotopic (exact) mass is 226 g/mol. The van der Waals surface area contributed by atoms with Gasteiger partial charge in [-0.1, -0.05) is 18.2 Å². The van der Waals surface area contributed by atoms with Gasteiger partial charge >= 0.3 is 0 Å². The highest BCUT2D eigenvalue weighted by atomic mass is 32.2. The van der Waals surface area contributed by atoms with E-state index >= 15 is 0 Å². The second-order valence-electron chi connectivity index (χ2n) is 3.17. The zero-order valence-electron chi connectivity index (χ0n) is 8.23. The molecule has 1 aliphatic heterocycles. The predicted octanol–water partition coefficient (Wildman–Crippen LogP) is 3.56. The SMILES string of the molecule is COc1ccccc1C1SCCCS1. The highest BCUT2D eigenvalue weighted by molar-refractivity contribution is 8.16. The fourth-order valence-electron chi connectivity index (χ4n) is 1.53. The molecule has 0 atom stereocenters. The van der Waals surface area contributed by atoms with Crippen LogP contribution in [0.15, 0.2) is 24.3 Å². The Hall–Kier alpha value is -0.280. The number of ether oxygens (including phenoxy) is 1. The lowest BCUT2D eigenvalue weighted by atomic mass is 10.2. The van der Waals surface area contributed by atoms with Crippen LogP contribution in [0.25, 0.3) is 0 Å². The first-order valence-electron chi connectivity index (χ1n) is 4.78. The normalized spacial score (nSPS) is 18.1. The Labute approximate surface area is 93.6 Å². The van der Waals surface area contributed by atoms with Crippen molar-refractivity contribution in [1.29, 1.82) is 0 Å². The van der Waals surface area contributed by atoms with E-state index in [1.165, 1.54) is 23.5 Å². The summed E-state index contributed by atoms with van der Waals surface area (Å²) in [4.78, 5) is 0. The smallest absolute Gasteiger partial charge is 0.124 e. The zero-order valence-corrected chi connectivity index (χ0v) is 9.87. The summed E-state index contributed by atoms with van der Waals surface area (Å²) in [6.45, 7) is 0. The maximum Gasteiger partial charge on any atom is 0.124 e. The minimum atomic E-state index is 0.569. The summed E-state index contributed by atoms with van der Waals surface area (Å²) >= 11 is 4.06. The quantitative estimate of drug-likeness (QED) is 0.763. The maximum atomic E-state index is 5.37. The molecular formula is C11H14OS2. The van der Waals surface area contributed by atoms with Crippen molar-refractivity contribution in [3.05, 3.63) is 29.8 Å². The van der Waals surface area contributed by atoms with E-state index in [-0.39, 0.29) is 0 Å². The third-order valence-corrected chi connectivity index (χ3v) is 5.20. The summed E-state index contributed by atoms with van der Waals surface area (Å²) in [5.74, 6) is 3.57. The molecule has 0 amide bonds. The Morgan fingerprint density at radius 2 is 1.93 bits per heavy atom. The highest BCUT2D eigenvalue weighted by Gasteiger charge is 2.19. The van der Waals surface area contributed by atoms with Crippen molar-refractivity contribution in [2.24, 2.45) is 0 Å². The third-order valence-electron chi connectivity index (χ3n) is 2.22. The van der Waals surface area contributed by atoms with Gasteiger partial charge in [-0.05, 0) is 24.0 Å². The number of rotatable bonds is 2. The Balaban J connectivity index is 2.20. The van der Waals surface area contributed by atoms with Gasteiger partial charge in [0.1, 0.15) is 5.75 Å². The van der Waals surface area contributed by atoms with Gasteiger partial charge in [-0.3, -0.25) is 0 Å². The van der Waals surface area contributed by atoms with Crippen LogP contribution in [-0.4, -0.2) is 18.6 Å². The molecule has 0 saturated carbocycles. The molecule has 1 nitrogen and oxygen atoms in total. The van der Waals surface area contributed by atoms with Gasteiger partial charge in [0.2, 0.25) is 0 Å². The number of methoxy groups -OCH3 is 1. The summed E-state index contributed by atoms with van der Waals surface area (Å²) in [6, 6.07) is 8.34. The molecule has 1 saturated heterocycles. The number of thioether (sulfide) groups is 2. The van der Waals surface area contributed by atoms with Gasteiger partial charge < -0.3 is 4.74 Å². The molecule has 1 fully saturated rings. The van der Waals surface area contributed by atoms with Crippen molar-refractivity contribution in [2.45, 2.75) is 11.0 Å². The first-order valence-corrected chi connectivity index (χ1v) is 6.87. The van der Waals surface area contributed by atoms with E-state index in [4.69, 9.17) is 4.74 Å². The van der Waals surface area contributed by atoms with Crippen LogP contribution in [0, 0.1) is 0 Å². The second kappa shape index (κ2) is 4.99. The topological polar surface area (TPSA) is 9.23 Å². The molecule has 1 heterocycles. The van der Waals surface area contributed by atoms with Crippen molar-refractivity contribution in [2.75, 3.05) is 18.6 Å². The minimum Gasteiger partial charge on any atom is -0.496 e. The lowest BCUT2D eigenvalue weighted by Gasteiger charge is -2.22. The van der Waals surface area contributed by atoms with Crippen molar-refractivity contribution >= 4 is 23.5 Å². The first kappa shape index (κ1) is 10.2. The van der Waals surface area contributed by atoms with E-state index < -0.39 is 0 Å². The molecule has 0 N–H and O–H groups in total. The van der Waals surface area contributed by atoms with E-state index in [0.717, 1.165) is 5.75 Å². The Morgan fingerprint density at radius 1 is 1.21 bits per heavy atom. The van der Waals surface area contributed by atoms with Gasteiger partial charge in [0, 0.05) is 5.56 Å². The summed E-state index contributed by atoms with van der Waals surface area (Å²) in [5, 5.41) is 0. The van der Waals surface area contributed by atoms with Crippen LogP contribution in [0.2, 0.25) is 0 Å². The molecule has 0 aromatic heterocycles. The van der Waals surface area contributed by atoms with Crippen LogP contribution >= 0.6 is 23.5 Å². The maximum absolute atomic E-state index is 5.37. The average Bonchev–Trinajstić information content (AvgIpc) is 2.30. The van der Waals surface area contributed by atoms with Crippen molar-refractivity contribution < 1.29 is 4.74 Å². The molecule has 2 rings (SSSR count). The largest absolute Gasteiger partial charge is 0.496 e. The van der Waals surface area contributed by atoms with Gasteiger partial charge in [0.25, 0.3) is 0 Å². The van der Waals surface area contributed by atoms with Crippen LogP contribution in [0.4, 0.5) is 0 Å². The second-order valence-corrected chi connectivity index (χ2v) is 5.89. The lowest BCUT2D eigenvalue weighted by molar-refractivity contribution is 0.411. The summed E-state index contributed by atoms with van der Waals surface area (Å²) in [6.07, 6.45) is 1.33. The molecule has 3 heteroatoms. The van der Waals surface area contributed by atoms with Gasteiger partial charge in [-0.15, -0.1) is 23.5 Å². The summed E-state index contributed by atoms with van der Waals surface area (Å²) in [7, 11) is 1.75. The first-order chi connectivity index (χ1) is 6.92. The molecule has 1 aliphatic rings. The van der Waals surface area contributed by atoms with Crippen molar-refractivity contribution in [1.82, 2.24) is 0 Å². The van der Waals surface area contributed by atoms with Gasteiger partial charge in [0.05, 0.1) is 11.7 Å². The van der Waals surface area contributed by atoms with E-state index in [1.807, 2.05) is 35.7 Å². The molecular weight excluding hydrogens is 212 g/mol. The fraction of sp³-hybridized carbons (Fsp3) is 0.455. The van der Waals surface area contributed by atoms with Crippen LogP contribution in [0.3, 0.4) is 0 Å². The molecule has 0 unspecified atom stereocenters.